The SMILES string of the molecule is CC(=O)[C@H]1CC[C@H]2[C@@H]3CC=C4CC(OC(=N)N)CC[C@]4(C)[C@H]3CC[C@]12C. The molecule has 144 valence electrons. The summed E-state index contributed by atoms with van der Waals surface area (Å²) in [5, 5.41) is 7.42. The minimum absolute atomic E-state index is 0.0748. The second kappa shape index (κ2) is 6.10. The van der Waals surface area contributed by atoms with Gasteiger partial charge in [0.05, 0.1) is 0 Å². The molecule has 0 aliphatic heterocycles. The third-order valence-electron chi connectivity index (χ3n) is 8.84. The summed E-state index contributed by atoms with van der Waals surface area (Å²) in [6, 6.07) is -0.150. The van der Waals surface area contributed by atoms with Gasteiger partial charge in [0.15, 0.2) is 0 Å². The Morgan fingerprint density at radius 3 is 2.65 bits per heavy atom. The van der Waals surface area contributed by atoms with Gasteiger partial charge in [-0.05, 0) is 80.5 Å². The van der Waals surface area contributed by atoms with Crippen molar-refractivity contribution in [2.24, 2.45) is 40.2 Å². The maximum Gasteiger partial charge on any atom is 0.279 e. The van der Waals surface area contributed by atoms with E-state index in [-0.39, 0.29) is 28.9 Å². The highest BCUT2D eigenvalue weighted by atomic mass is 16.5. The maximum atomic E-state index is 12.2. The molecule has 0 aromatic rings. The number of carbonyl (C=O) groups excluding carboxylic acids is 1. The summed E-state index contributed by atoms with van der Waals surface area (Å²) in [7, 11) is 0. The molecule has 4 nitrogen and oxygen atoms in total. The van der Waals surface area contributed by atoms with Gasteiger partial charge in [0.25, 0.3) is 6.02 Å². The topological polar surface area (TPSA) is 76.2 Å². The number of ether oxygens (including phenoxy) is 1. The number of allylic oxidation sites excluding steroid dienone is 1. The minimum atomic E-state index is -0.150. The first-order chi connectivity index (χ1) is 12.3. The summed E-state index contributed by atoms with van der Waals surface area (Å²) in [4.78, 5) is 12.2. The van der Waals surface area contributed by atoms with Gasteiger partial charge in [0, 0.05) is 12.3 Å². The molecule has 1 unspecified atom stereocenters. The van der Waals surface area contributed by atoms with Gasteiger partial charge in [-0.2, -0.15) is 0 Å². The molecule has 3 saturated carbocycles. The van der Waals surface area contributed by atoms with E-state index in [4.69, 9.17) is 15.9 Å². The van der Waals surface area contributed by atoms with E-state index in [9.17, 15) is 4.79 Å². The Morgan fingerprint density at radius 1 is 1.19 bits per heavy atom. The van der Waals surface area contributed by atoms with Gasteiger partial charge in [-0.15, -0.1) is 0 Å². The molecule has 7 atom stereocenters. The number of hydrogen-bond acceptors (Lipinski definition) is 3. The van der Waals surface area contributed by atoms with E-state index in [2.05, 4.69) is 19.9 Å². The van der Waals surface area contributed by atoms with Gasteiger partial charge >= 0.3 is 0 Å². The number of nitrogens with one attached hydrogen (secondary N) is 1. The third kappa shape index (κ3) is 2.55. The van der Waals surface area contributed by atoms with Crippen molar-refractivity contribution in [1.29, 1.82) is 5.41 Å². The number of Topliss-reactive ketones (excluding diaryl/α,β-unsaturated/α-hetero) is 1. The zero-order valence-electron chi connectivity index (χ0n) is 16.5. The largest absolute Gasteiger partial charge is 0.462 e. The molecule has 3 fully saturated rings. The van der Waals surface area contributed by atoms with Crippen LogP contribution in [0.4, 0.5) is 0 Å². The first-order valence-electron chi connectivity index (χ1n) is 10.5. The van der Waals surface area contributed by atoms with Crippen LogP contribution in [0.25, 0.3) is 0 Å². The van der Waals surface area contributed by atoms with Crippen molar-refractivity contribution in [2.45, 2.75) is 78.2 Å². The Labute approximate surface area is 157 Å². The zero-order chi connectivity index (χ0) is 18.7. The Balaban J connectivity index is 1.59. The molecule has 0 aromatic heterocycles. The molecule has 0 bridgehead atoms. The van der Waals surface area contributed by atoms with E-state index >= 15 is 0 Å². The number of rotatable bonds is 2. The zero-order valence-corrected chi connectivity index (χ0v) is 16.5. The van der Waals surface area contributed by atoms with Crippen LogP contribution in [-0.4, -0.2) is 17.9 Å². The highest BCUT2D eigenvalue weighted by Crippen LogP contribution is 2.66. The summed E-state index contributed by atoms with van der Waals surface area (Å²) < 4.78 is 5.53. The Kier molecular flexibility index (Phi) is 4.24. The molecule has 4 heteroatoms. The smallest absolute Gasteiger partial charge is 0.279 e. The lowest BCUT2D eigenvalue weighted by Crippen LogP contribution is -2.51. The molecule has 4 rings (SSSR count). The highest BCUT2D eigenvalue weighted by molar-refractivity contribution is 5.79. The first-order valence-corrected chi connectivity index (χ1v) is 10.5. The first kappa shape index (κ1) is 18.1. The van der Waals surface area contributed by atoms with Crippen molar-refractivity contribution in [3.05, 3.63) is 11.6 Å². The normalized spacial score (nSPS) is 47.2. The second-order valence-corrected chi connectivity index (χ2v) is 9.89. The van der Waals surface area contributed by atoms with Crippen molar-refractivity contribution in [3.63, 3.8) is 0 Å². The number of carbonyl (C=O) groups is 1. The average Bonchev–Trinajstić information content (AvgIpc) is 2.92. The van der Waals surface area contributed by atoms with Crippen LogP contribution in [0.5, 0.6) is 0 Å². The lowest BCUT2D eigenvalue weighted by atomic mass is 9.47. The standard InChI is InChI=1S/C22H34N2O2/c1-13(25)17-6-7-18-16-5-4-14-12-15(26-20(23)24)8-10-21(14,2)19(16)9-11-22(17,18)3/h4,15-19H,5-12H2,1-3H3,(H3,23,24)/t15?,16-,17+,18-,19-,21-,22+/m0/s1. The van der Waals surface area contributed by atoms with Crippen LogP contribution in [0.15, 0.2) is 11.6 Å². The molecule has 0 spiro atoms. The predicted molar refractivity (Wildman–Crippen MR) is 103 cm³/mol. The summed E-state index contributed by atoms with van der Waals surface area (Å²) in [6.45, 7) is 6.69. The summed E-state index contributed by atoms with van der Waals surface area (Å²) in [5.41, 5.74) is 7.50. The second-order valence-electron chi connectivity index (χ2n) is 9.89. The highest BCUT2D eigenvalue weighted by Gasteiger charge is 2.59. The lowest BCUT2D eigenvalue weighted by molar-refractivity contribution is -0.127. The van der Waals surface area contributed by atoms with Crippen LogP contribution in [0.2, 0.25) is 0 Å². The van der Waals surface area contributed by atoms with Gasteiger partial charge < -0.3 is 10.5 Å². The van der Waals surface area contributed by atoms with Crippen molar-refractivity contribution >= 4 is 11.8 Å². The van der Waals surface area contributed by atoms with Crippen LogP contribution >= 0.6 is 0 Å². The molecule has 0 amide bonds. The Bertz CT molecular complexity index is 657. The number of hydrogen-bond donors (Lipinski definition) is 2. The lowest BCUT2D eigenvalue weighted by Gasteiger charge is -2.58. The average molecular weight is 359 g/mol. The van der Waals surface area contributed by atoms with E-state index in [0.717, 1.165) is 43.9 Å². The van der Waals surface area contributed by atoms with Crippen LogP contribution in [-0.2, 0) is 9.53 Å². The van der Waals surface area contributed by atoms with Gasteiger partial charge in [0.1, 0.15) is 11.9 Å². The quantitative estimate of drug-likeness (QED) is 0.435. The molecule has 26 heavy (non-hydrogen) atoms. The predicted octanol–water partition coefficient (Wildman–Crippen LogP) is 4.43. The molecular formula is C22H34N2O2. The molecule has 3 N–H and O–H groups in total. The molecule has 0 aromatic carbocycles. The van der Waals surface area contributed by atoms with E-state index in [1.165, 1.54) is 19.3 Å². The fourth-order valence-corrected chi connectivity index (χ4v) is 7.58. The Morgan fingerprint density at radius 2 is 1.96 bits per heavy atom. The monoisotopic (exact) mass is 358 g/mol. The van der Waals surface area contributed by atoms with E-state index in [1.807, 2.05) is 0 Å². The number of ketones is 1. The minimum Gasteiger partial charge on any atom is -0.462 e. The Hall–Kier alpha value is -1.32. The maximum absolute atomic E-state index is 12.2. The van der Waals surface area contributed by atoms with Crippen molar-refractivity contribution in [3.8, 4) is 0 Å². The molecule has 4 aliphatic rings. The van der Waals surface area contributed by atoms with Crippen molar-refractivity contribution in [1.82, 2.24) is 0 Å². The molecule has 4 aliphatic carbocycles. The summed E-state index contributed by atoms with van der Waals surface area (Å²) >= 11 is 0. The molecule has 0 radical (unpaired) electrons. The van der Waals surface area contributed by atoms with Gasteiger partial charge in [-0.25, -0.2) is 0 Å². The molecular weight excluding hydrogens is 324 g/mol. The van der Waals surface area contributed by atoms with Gasteiger partial charge in [-0.1, -0.05) is 25.5 Å². The number of amidine groups is 1. The van der Waals surface area contributed by atoms with Crippen molar-refractivity contribution < 1.29 is 9.53 Å². The molecule has 0 saturated heterocycles. The number of fused-ring (bicyclic) bond motifs is 5. The fourth-order valence-electron chi connectivity index (χ4n) is 7.58. The van der Waals surface area contributed by atoms with Crippen LogP contribution in [0.3, 0.4) is 0 Å². The van der Waals surface area contributed by atoms with Crippen LogP contribution in [0, 0.1) is 39.9 Å². The fraction of sp³-hybridized carbons (Fsp3) is 0.818. The van der Waals surface area contributed by atoms with E-state index in [0.29, 0.717) is 11.7 Å². The molecule has 0 heterocycles. The van der Waals surface area contributed by atoms with E-state index in [1.54, 1.807) is 12.5 Å². The summed E-state index contributed by atoms with van der Waals surface area (Å²) in [5.74, 6) is 2.87. The van der Waals surface area contributed by atoms with E-state index < -0.39 is 0 Å². The number of nitrogens with two attached hydrogens (primary N) is 1. The van der Waals surface area contributed by atoms with Gasteiger partial charge in [0.2, 0.25) is 0 Å². The van der Waals surface area contributed by atoms with Crippen LogP contribution < -0.4 is 5.73 Å². The van der Waals surface area contributed by atoms with Crippen molar-refractivity contribution in [2.75, 3.05) is 0 Å². The van der Waals surface area contributed by atoms with Gasteiger partial charge in [-0.3, -0.25) is 10.2 Å². The van der Waals surface area contributed by atoms with Crippen LogP contribution in [0.1, 0.15) is 72.1 Å². The third-order valence-corrected chi connectivity index (χ3v) is 8.84. The summed E-state index contributed by atoms with van der Waals surface area (Å²) in [6.07, 6.45) is 11.6.